The van der Waals surface area contributed by atoms with Crippen LogP contribution in [0.5, 0.6) is 5.75 Å². The molecule has 0 aliphatic rings. The third kappa shape index (κ3) is 3.96. The number of aryl methyl sites for hydroxylation is 2. The molecule has 4 heteroatoms. The molecule has 0 saturated heterocycles. The van der Waals surface area contributed by atoms with Crippen molar-refractivity contribution in [3.8, 4) is 5.75 Å². The summed E-state index contributed by atoms with van der Waals surface area (Å²) >= 11 is 0. The molecule has 0 atom stereocenters. The molecule has 0 aliphatic heterocycles. The fourth-order valence-corrected chi connectivity index (χ4v) is 2.02. The molecule has 0 fully saturated rings. The average Bonchev–Trinajstić information content (AvgIpc) is 2.34. The lowest BCUT2D eigenvalue weighted by Crippen LogP contribution is -2.28. The van der Waals surface area contributed by atoms with Crippen LogP contribution in [-0.4, -0.2) is 36.1 Å². The Labute approximate surface area is 110 Å². The maximum Gasteiger partial charge on any atom is 0.127 e. The van der Waals surface area contributed by atoms with Crippen molar-refractivity contribution in [2.75, 3.05) is 26.2 Å². The van der Waals surface area contributed by atoms with Gasteiger partial charge < -0.3 is 15.4 Å². The van der Waals surface area contributed by atoms with E-state index < -0.39 is 0 Å². The minimum Gasteiger partial charge on any atom is -0.492 e. The summed E-state index contributed by atoms with van der Waals surface area (Å²) in [6.45, 7) is 12.5. The Morgan fingerprint density at radius 3 is 2.50 bits per heavy atom. The van der Waals surface area contributed by atoms with Gasteiger partial charge in [-0.05, 0) is 26.9 Å². The van der Waals surface area contributed by atoms with Gasteiger partial charge in [0.05, 0.1) is 0 Å². The quantitative estimate of drug-likeness (QED) is 0.804. The molecule has 1 aromatic heterocycles. The maximum atomic E-state index is 5.86. The number of hydrogen-bond donors (Lipinski definition) is 1. The molecule has 0 radical (unpaired) electrons. The summed E-state index contributed by atoms with van der Waals surface area (Å²) in [5.74, 6) is 0.884. The molecule has 0 saturated carbocycles. The molecule has 0 aromatic carbocycles. The van der Waals surface area contributed by atoms with Crippen LogP contribution in [-0.2, 0) is 6.54 Å². The third-order valence-corrected chi connectivity index (χ3v) is 3.18. The predicted octanol–water partition coefficient (Wildman–Crippen LogP) is 1.88. The van der Waals surface area contributed by atoms with Gasteiger partial charge in [0.25, 0.3) is 0 Å². The molecule has 1 aromatic rings. The summed E-state index contributed by atoms with van der Waals surface area (Å²) in [7, 11) is 0. The monoisotopic (exact) mass is 251 g/mol. The smallest absolute Gasteiger partial charge is 0.127 e. The van der Waals surface area contributed by atoms with Gasteiger partial charge in [-0.1, -0.05) is 13.8 Å². The second kappa shape index (κ2) is 7.34. The summed E-state index contributed by atoms with van der Waals surface area (Å²) < 4.78 is 5.86. The van der Waals surface area contributed by atoms with Gasteiger partial charge in [-0.15, -0.1) is 0 Å². The molecule has 0 spiro atoms. The van der Waals surface area contributed by atoms with E-state index in [4.69, 9.17) is 10.5 Å². The molecule has 0 amide bonds. The number of rotatable bonds is 7. The Balaban J connectivity index is 2.66. The van der Waals surface area contributed by atoms with E-state index >= 15 is 0 Å². The van der Waals surface area contributed by atoms with E-state index in [9.17, 15) is 0 Å². The van der Waals surface area contributed by atoms with Gasteiger partial charge in [-0.25, -0.2) is 0 Å². The molecular formula is C14H25N3O. The first-order chi connectivity index (χ1) is 8.62. The van der Waals surface area contributed by atoms with Crippen molar-refractivity contribution in [2.24, 2.45) is 5.73 Å². The molecule has 1 rings (SSSR count). The fraction of sp³-hybridized carbons (Fsp3) is 0.643. The lowest BCUT2D eigenvalue weighted by Gasteiger charge is -2.19. The standard InChI is InChI=1S/C14H25N3O/c1-5-17(6-2)7-8-18-14-9-11(3)16-12(4)13(14)10-15/h9H,5-8,10,15H2,1-4H3. The molecular weight excluding hydrogens is 226 g/mol. The van der Waals surface area contributed by atoms with Gasteiger partial charge >= 0.3 is 0 Å². The molecule has 18 heavy (non-hydrogen) atoms. The predicted molar refractivity (Wildman–Crippen MR) is 74.9 cm³/mol. The zero-order valence-electron chi connectivity index (χ0n) is 12.0. The number of nitrogens with zero attached hydrogens (tertiary/aromatic N) is 2. The van der Waals surface area contributed by atoms with Crippen LogP contribution in [0.1, 0.15) is 30.8 Å². The SMILES string of the molecule is CCN(CC)CCOc1cc(C)nc(C)c1CN. The van der Waals surface area contributed by atoms with Crippen LogP contribution in [0.2, 0.25) is 0 Å². The number of likely N-dealkylation sites (N-methyl/N-ethyl adjacent to an activating group) is 1. The van der Waals surface area contributed by atoms with Crippen LogP contribution < -0.4 is 10.5 Å². The molecule has 0 aliphatic carbocycles. The number of hydrogen-bond acceptors (Lipinski definition) is 4. The summed E-state index contributed by atoms with van der Waals surface area (Å²) in [5, 5.41) is 0. The van der Waals surface area contributed by atoms with E-state index in [-0.39, 0.29) is 0 Å². The van der Waals surface area contributed by atoms with Crippen molar-refractivity contribution < 1.29 is 4.74 Å². The summed E-state index contributed by atoms with van der Waals surface area (Å²) in [6, 6.07) is 1.97. The first kappa shape index (κ1) is 14.9. The summed E-state index contributed by atoms with van der Waals surface area (Å²) in [4.78, 5) is 6.75. The number of nitrogens with two attached hydrogens (primary N) is 1. The van der Waals surface area contributed by atoms with Crippen molar-refractivity contribution in [3.05, 3.63) is 23.0 Å². The topological polar surface area (TPSA) is 51.4 Å². The van der Waals surface area contributed by atoms with Crippen LogP contribution >= 0.6 is 0 Å². The Hall–Kier alpha value is -1.13. The summed E-state index contributed by atoms with van der Waals surface area (Å²) in [6.07, 6.45) is 0. The lowest BCUT2D eigenvalue weighted by molar-refractivity contribution is 0.221. The highest BCUT2D eigenvalue weighted by Crippen LogP contribution is 2.21. The van der Waals surface area contributed by atoms with E-state index in [1.165, 1.54) is 0 Å². The summed E-state index contributed by atoms with van der Waals surface area (Å²) in [5.41, 5.74) is 8.71. The highest BCUT2D eigenvalue weighted by molar-refractivity contribution is 5.37. The van der Waals surface area contributed by atoms with Crippen LogP contribution in [0.15, 0.2) is 6.07 Å². The van der Waals surface area contributed by atoms with Gasteiger partial charge in [0.1, 0.15) is 12.4 Å². The lowest BCUT2D eigenvalue weighted by atomic mass is 10.1. The van der Waals surface area contributed by atoms with E-state index in [2.05, 4.69) is 23.7 Å². The minimum absolute atomic E-state index is 0.472. The Kier molecular flexibility index (Phi) is 6.09. The van der Waals surface area contributed by atoms with Gasteiger partial charge in [-0.3, -0.25) is 4.98 Å². The molecule has 0 bridgehead atoms. The van der Waals surface area contributed by atoms with E-state index in [0.29, 0.717) is 13.2 Å². The highest BCUT2D eigenvalue weighted by atomic mass is 16.5. The van der Waals surface area contributed by atoms with E-state index in [0.717, 1.165) is 42.3 Å². The van der Waals surface area contributed by atoms with Crippen molar-refractivity contribution in [3.63, 3.8) is 0 Å². The van der Waals surface area contributed by atoms with E-state index in [1.807, 2.05) is 19.9 Å². The van der Waals surface area contributed by atoms with Crippen molar-refractivity contribution >= 4 is 0 Å². The zero-order chi connectivity index (χ0) is 13.5. The largest absolute Gasteiger partial charge is 0.492 e. The third-order valence-electron chi connectivity index (χ3n) is 3.18. The highest BCUT2D eigenvalue weighted by Gasteiger charge is 2.08. The Morgan fingerprint density at radius 2 is 1.94 bits per heavy atom. The van der Waals surface area contributed by atoms with Crippen LogP contribution in [0.25, 0.3) is 0 Å². The number of pyridine rings is 1. The van der Waals surface area contributed by atoms with E-state index in [1.54, 1.807) is 0 Å². The average molecular weight is 251 g/mol. The molecule has 2 N–H and O–H groups in total. The normalized spacial score (nSPS) is 11.0. The van der Waals surface area contributed by atoms with Gasteiger partial charge in [0.2, 0.25) is 0 Å². The van der Waals surface area contributed by atoms with Crippen LogP contribution in [0.3, 0.4) is 0 Å². The van der Waals surface area contributed by atoms with Gasteiger partial charge in [0, 0.05) is 36.1 Å². The fourth-order valence-electron chi connectivity index (χ4n) is 2.02. The maximum absolute atomic E-state index is 5.86. The number of ether oxygens (including phenoxy) is 1. The molecule has 1 heterocycles. The first-order valence-corrected chi connectivity index (χ1v) is 6.64. The van der Waals surface area contributed by atoms with Gasteiger partial charge in [0.15, 0.2) is 0 Å². The first-order valence-electron chi connectivity index (χ1n) is 6.64. The molecule has 102 valence electrons. The zero-order valence-corrected chi connectivity index (χ0v) is 12.0. The number of aromatic nitrogens is 1. The van der Waals surface area contributed by atoms with Crippen LogP contribution in [0.4, 0.5) is 0 Å². The minimum atomic E-state index is 0.472. The molecule has 0 unspecified atom stereocenters. The van der Waals surface area contributed by atoms with Crippen molar-refractivity contribution in [2.45, 2.75) is 34.2 Å². The van der Waals surface area contributed by atoms with Crippen molar-refractivity contribution in [1.82, 2.24) is 9.88 Å². The second-order valence-electron chi connectivity index (χ2n) is 4.41. The van der Waals surface area contributed by atoms with Gasteiger partial charge in [-0.2, -0.15) is 0 Å². The Morgan fingerprint density at radius 1 is 1.28 bits per heavy atom. The Bertz CT molecular complexity index is 376. The van der Waals surface area contributed by atoms with Crippen molar-refractivity contribution in [1.29, 1.82) is 0 Å². The second-order valence-corrected chi connectivity index (χ2v) is 4.41. The van der Waals surface area contributed by atoms with Crippen LogP contribution in [0, 0.1) is 13.8 Å². The molecule has 4 nitrogen and oxygen atoms in total.